The van der Waals surface area contributed by atoms with E-state index >= 15 is 0 Å². The van der Waals surface area contributed by atoms with Gasteiger partial charge in [0.25, 0.3) is 0 Å². The predicted octanol–water partition coefficient (Wildman–Crippen LogP) is 3.82. The van der Waals surface area contributed by atoms with Crippen LogP contribution in [0.3, 0.4) is 0 Å². The number of hydrogen-bond donors (Lipinski definition) is 1. The minimum Gasteiger partial charge on any atom is -0.338 e. The highest BCUT2D eigenvalue weighted by atomic mass is 15.3. The molecule has 2 N–H and O–H groups in total. The molecule has 0 bridgehead atoms. The summed E-state index contributed by atoms with van der Waals surface area (Å²) in [4.78, 5) is 0. The molecule has 3 nitrogen and oxygen atoms in total. The van der Waals surface area contributed by atoms with Crippen LogP contribution in [0.15, 0.2) is 54.6 Å². The fourth-order valence-electron chi connectivity index (χ4n) is 3.33. The molecule has 0 saturated carbocycles. The summed E-state index contributed by atoms with van der Waals surface area (Å²) in [5.74, 6) is 6.34. The third-order valence-corrected chi connectivity index (χ3v) is 4.34. The molecule has 3 heteroatoms. The zero-order valence-electron chi connectivity index (χ0n) is 12.2. The van der Waals surface area contributed by atoms with Gasteiger partial charge < -0.3 is 10.4 Å². The second kappa shape index (κ2) is 4.16. The highest BCUT2D eigenvalue weighted by molar-refractivity contribution is 6.15. The Morgan fingerprint density at radius 2 is 1.57 bits per heavy atom. The standard InChI is InChI=1S/C18H17N3/c1-12-16(13-8-4-3-5-9-13)17-14-10-6-7-11-15(14)20(2)18(17)21(12)19/h3-11H,19H2,1-2H3. The summed E-state index contributed by atoms with van der Waals surface area (Å²) in [6.45, 7) is 2.08. The normalized spacial score (nSPS) is 11.5. The van der Waals surface area contributed by atoms with E-state index in [2.05, 4.69) is 67.1 Å². The number of benzene rings is 2. The molecule has 0 unspecified atom stereocenters. The molecule has 0 atom stereocenters. The van der Waals surface area contributed by atoms with E-state index in [0.717, 1.165) is 11.3 Å². The van der Waals surface area contributed by atoms with Crippen LogP contribution in [0.5, 0.6) is 0 Å². The van der Waals surface area contributed by atoms with Gasteiger partial charge in [0.1, 0.15) is 5.65 Å². The zero-order chi connectivity index (χ0) is 14.6. The molecule has 104 valence electrons. The topological polar surface area (TPSA) is 35.9 Å². The number of hydrogen-bond acceptors (Lipinski definition) is 1. The fourth-order valence-corrected chi connectivity index (χ4v) is 3.33. The van der Waals surface area contributed by atoms with Crippen molar-refractivity contribution in [3.63, 3.8) is 0 Å². The lowest BCUT2D eigenvalue weighted by Crippen LogP contribution is -2.12. The molecule has 2 heterocycles. The van der Waals surface area contributed by atoms with Crippen molar-refractivity contribution in [2.24, 2.45) is 7.05 Å². The highest BCUT2D eigenvalue weighted by Crippen LogP contribution is 2.39. The first kappa shape index (κ1) is 12.1. The van der Waals surface area contributed by atoms with Gasteiger partial charge >= 0.3 is 0 Å². The maximum atomic E-state index is 6.34. The molecule has 0 radical (unpaired) electrons. The number of aromatic nitrogens is 2. The van der Waals surface area contributed by atoms with Gasteiger partial charge in [0, 0.05) is 29.1 Å². The van der Waals surface area contributed by atoms with Gasteiger partial charge in [-0.15, -0.1) is 0 Å². The maximum absolute atomic E-state index is 6.34. The van der Waals surface area contributed by atoms with E-state index in [1.165, 1.54) is 27.4 Å². The molecule has 0 amide bonds. The molecule has 2 aromatic heterocycles. The quantitative estimate of drug-likeness (QED) is 0.527. The Morgan fingerprint density at radius 3 is 2.33 bits per heavy atom. The molecule has 0 aliphatic carbocycles. The van der Waals surface area contributed by atoms with Crippen LogP contribution in [-0.4, -0.2) is 9.24 Å². The smallest absolute Gasteiger partial charge is 0.140 e. The van der Waals surface area contributed by atoms with E-state index in [0.29, 0.717) is 0 Å². The van der Waals surface area contributed by atoms with Crippen molar-refractivity contribution in [2.75, 3.05) is 5.84 Å². The summed E-state index contributed by atoms with van der Waals surface area (Å²) >= 11 is 0. The van der Waals surface area contributed by atoms with Crippen molar-refractivity contribution in [1.29, 1.82) is 0 Å². The molecular formula is C18H17N3. The van der Waals surface area contributed by atoms with Crippen molar-refractivity contribution in [3.8, 4) is 11.1 Å². The summed E-state index contributed by atoms with van der Waals surface area (Å²) < 4.78 is 3.97. The monoisotopic (exact) mass is 275 g/mol. The lowest BCUT2D eigenvalue weighted by atomic mass is 10.0. The molecular weight excluding hydrogens is 258 g/mol. The van der Waals surface area contributed by atoms with Gasteiger partial charge in [0.2, 0.25) is 0 Å². The number of aryl methyl sites for hydroxylation is 1. The first-order valence-electron chi connectivity index (χ1n) is 7.09. The van der Waals surface area contributed by atoms with Gasteiger partial charge in [0.05, 0.1) is 5.52 Å². The van der Waals surface area contributed by atoms with Crippen molar-refractivity contribution in [2.45, 2.75) is 6.92 Å². The van der Waals surface area contributed by atoms with Crippen LogP contribution in [0.25, 0.3) is 33.1 Å². The molecule has 4 aromatic rings. The molecule has 0 saturated heterocycles. The molecule has 0 spiro atoms. The minimum absolute atomic E-state index is 1.06. The highest BCUT2D eigenvalue weighted by Gasteiger charge is 2.20. The number of rotatable bonds is 1. The summed E-state index contributed by atoms with van der Waals surface area (Å²) in [6.07, 6.45) is 0. The summed E-state index contributed by atoms with van der Waals surface area (Å²) in [5.41, 5.74) is 5.80. The Morgan fingerprint density at radius 1 is 0.905 bits per heavy atom. The van der Waals surface area contributed by atoms with Crippen molar-refractivity contribution in [1.82, 2.24) is 9.24 Å². The van der Waals surface area contributed by atoms with E-state index in [1.54, 1.807) is 4.68 Å². The predicted molar refractivity (Wildman–Crippen MR) is 88.7 cm³/mol. The molecule has 2 aromatic carbocycles. The SMILES string of the molecule is Cc1c(-c2ccccc2)c2c3ccccc3n(C)c2n1N. The van der Waals surface area contributed by atoms with Crippen LogP contribution in [-0.2, 0) is 7.05 Å². The van der Waals surface area contributed by atoms with Crippen molar-refractivity contribution in [3.05, 3.63) is 60.3 Å². The summed E-state index contributed by atoms with van der Waals surface area (Å²) in [5, 5.41) is 2.49. The number of nitrogens with zero attached hydrogens (tertiary/aromatic N) is 2. The number of para-hydroxylation sites is 1. The van der Waals surface area contributed by atoms with E-state index in [9.17, 15) is 0 Å². The zero-order valence-corrected chi connectivity index (χ0v) is 12.2. The van der Waals surface area contributed by atoms with E-state index in [4.69, 9.17) is 5.84 Å². The second-order valence-corrected chi connectivity index (χ2v) is 5.47. The second-order valence-electron chi connectivity index (χ2n) is 5.47. The van der Waals surface area contributed by atoms with Crippen LogP contribution >= 0.6 is 0 Å². The Bertz CT molecular complexity index is 959. The summed E-state index contributed by atoms with van der Waals surface area (Å²) in [7, 11) is 2.07. The van der Waals surface area contributed by atoms with Gasteiger partial charge in [-0.3, -0.25) is 0 Å². The fraction of sp³-hybridized carbons (Fsp3) is 0.111. The van der Waals surface area contributed by atoms with Gasteiger partial charge in [0.15, 0.2) is 0 Å². The molecule has 4 rings (SSSR count). The summed E-state index contributed by atoms with van der Waals surface area (Å²) in [6, 6.07) is 18.9. The Kier molecular flexibility index (Phi) is 2.39. The van der Waals surface area contributed by atoms with Crippen LogP contribution in [0, 0.1) is 6.92 Å². The average Bonchev–Trinajstić information content (AvgIpc) is 2.95. The lowest BCUT2D eigenvalue weighted by molar-refractivity contribution is 0.906. The first-order chi connectivity index (χ1) is 10.2. The molecule has 0 aliphatic heterocycles. The van der Waals surface area contributed by atoms with Gasteiger partial charge in [-0.1, -0.05) is 48.5 Å². The minimum atomic E-state index is 1.06. The largest absolute Gasteiger partial charge is 0.338 e. The Balaban J connectivity index is 2.26. The Labute approximate surface area is 123 Å². The number of fused-ring (bicyclic) bond motifs is 3. The number of nitrogens with two attached hydrogens (primary N) is 1. The van der Waals surface area contributed by atoms with Crippen LogP contribution in [0.1, 0.15) is 5.69 Å². The van der Waals surface area contributed by atoms with Gasteiger partial charge in [-0.2, -0.15) is 0 Å². The van der Waals surface area contributed by atoms with Crippen LogP contribution in [0.2, 0.25) is 0 Å². The van der Waals surface area contributed by atoms with E-state index in [-0.39, 0.29) is 0 Å². The molecule has 0 fully saturated rings. The average molecular weight is 275 g/mol. The maximum Gasteiger partial charge on any atom is 0.140 e. The molecule has 21 heavy (non-hydrogen) atoms. The van der Waals surface area contributed by atoms with Crippen LogP contribution < -0.4 is 5.84 Å². The molecule has 0 aliphatic rings. The number of nitrogen functional groups attached to an aromatic ring is 1. The van der Waals surface area contributed by atoms with Crippen LogP contribution in [0.4, 0.5) is 0 Å². The van der Waals surface area contributed by atoms with E-state index in [1.807, 2.05) is 6.07 Å². The van der Waals surface area contributed by atoms with Gasteiger partial charge in [-0.25, -0.2) is 4.68 Å². The van der Waals surface area contributed by atoms with Crippen molar-refractivity contribution >= 4 is 21.9 Å². The van der Waals surface area contributed by atoms with E-state index < -0.39 is 0 Å². The Hall–Kier alpha value is -2.68. The first-order valence-corrected chi connectivity index (χ1v) is 7.09. The van der Waals surface area contributed by atoms with Gasteiger partial charge in [-0.05, 0) is 18.6 Å². The third-order valence-electron chi connectivity index (χ3n) is 4.34. The van der Waals surface area contributed by atoms with Crippen molar-refractivity contribution < 1.29 is 0 Å². The lowest BCUT2D eigenvalue weighted by Gasteiger charge is -2.05. The third kappa shape index (κ3) is 1.49.